The maximum atomic E-state index is 12.6. The molecule has 1 amide bonds. The number of aryl methyl sites for hydroxylation is 1. The van der Waals surface area contributed by atoms with Crippen LogP contribution in [0.3, 0.4) is 0 Å². The predicted octanol–water partition coefficient (Wildman–Crippen LogP) is 3.10. The molecule has 8 nitrogen and oxygen atoms in total. The molecule has 4 heterocycles. The minimum Gasteiger partial charge on any atom is -0.477 e. The van der Waals surface area contributed by atoms with E-state index >= 15 is 0 Å². The Morgan fingerprint density at radius 3 is 2.78 bits per heavy atom. The van der Waals surface area contributed by atoms with Crippen molar-refractivity contribution in [2.24, 2.45) is 0 Å². The molecule has 140 valence electrons. The van der Waals surface area contributed by atoms with Gasteiger partial charge in [0.05, 0.1) is 28.5 Å². The van der Waals surface area contributed by atoms with E-state index in [9.17, 15) is 9.59 Å². The first-order valence-corrected chi connectivity index (χ1v) is 9.41. The van der Waals surface area contributed by atoms with Crippen LogP contribution in [-0.2, 0) is 4.74 Å². The van der Waals surface area contributed by atoms with Crippen molar-refractivity contribution >= 4 is 39.1 Å². The number of carboxylic acid groups (broad SMARTS) is 1. The number of rotatable bonds is 4. The van der Waals surface area contributed by atoms with Crippen molar-refractivity contribution in [3.63, 3.8) is 0 Å². The lowest BCUT2D eigenvalue weighted by molar-refractivity contribution is 0.0674. The SMILES string of the molecule is Cc1nn(C2CCOCC2)c2sc(C(=O)Nc3ccc(C(=O)O)nc3)cc12. The molecule has 0 aliphatic carbocycles. The lowest BCUT2D eigenvalue weighted by Gasteiger charge is -2.22. The third-order valence-electron chi connectivity index (χ3n) is 4.57. The Labute approximate surface area is 158 Å². The number of ether oxygens (including phenoxy) is 1. The van der Waals surface area contributed by atoms with Crippen LogP contribution in [0.5, 0.6) is 0 Å². The van der Waals surface area contributed by atoms with Crippen LogP contribution in [0.4, 0.5) is 5.69 Å². The number of pyridine rings is 1. The molecule has 1 aliphatic rings. The van der Waals surface area contributed by atoms with E-state index in [1.807, 2.05) is 17.7 Å². The van der Waals surface area contributed by atoms with Gasteiger partial charge in [0.1, 0.15) is 10.5 Å². The fourth-order valence-electron chi connectivity index (χ4n) is 3.15. The van der Waals surface area contributed by atoms with Crippen LogP contribution in [0, 0.1) is 6.92 Å². The van der Waals surface area contributed by atoms with E-state index in [2.05, 4.69) is 15.4 Å². The van der Waals surface area contributed by atoms with Crippen LogP contribution in [0.1, 0.15) is 44.7 Å². The van der Waals surface area contributed by atoms with Crippen LogP contribution in [0.25, 0.3) is 10.2 Å². The van der Waals surface area contributed by atoms with Crippen molar-refractivity contribution in [3.8, 4) is 0 Å². The van der Waals surface area contributed by atoms with Crippen molar-refractivity contribution in [1.29, 1.82) is 0 Å². The average molecular weight is 386 g/mol. The molecule has 1 aliphatic heterocycles. The van der Waals surface area contributed by atoms with Gasteiger partial charge in [-0.1, -0.05) is 0 Å². The standard InChI is InChI=1S/C18H18N4O4S/c1-10-13-8-15(16(23)20-11-2-3-14(18(24)25)19-9-11)27-17(13)22(21-10)12-4-6-26-7-5-12/h2-3,8-9,12H,4-7H2,1H3,(H,20,23)(H,24,25). The smallest absolute Gasteiger partial charge is 0.354 e. The van der Waals surface area contributed by atoms with Crippen molar-refractivity contribution < 1.29 is 19.4 Å². The van der Waals surface area contributed by atoms with Gasteiger partial charge >= 0.3 is 5.97 Å². The quantitative estimate of drug-likeness (QED) is 0.714. The number of nitrogens with zero attached hydrogens (tertiary/aromatic N) is 3. The predicted molar refractivity (Wildman–Crippen MR) is 101 cm³/mol. The van der Waals surface area contributed by atoms with E-state index in [1.54, 1.807) is 0 Å². The zero-order chi connectivity index (χ0) is 19.0. The summed E-state index contributed by atoms with van der Waals surface area (Å²) in [5, 5.41) is 17.3. The summed E-state index contributed by atoms with van der Waals surface area (Å²) in [6.45, 7) is 3.40. The van der Waals surface area contributed by atoms with Gasteiger partial charge in [0.2, 0.25) is 0 Å². The van der Waals surface area contributed by atoms with Crippen LogP contribution in [0.2, 0.25) is 0 Å². The zero-order valence-electron chi connectivity index (χ0n) is 14.6. The minimum atomic E-state index is -1.11. The van der Waals surface area contributed by atoms with Crippen molar-refractivity contribution in [2.45, 2.75) is 25.8 Å². The topological polar surface area (TPSA) is 106 Å². The molecule has 9 heteroatoms. The van der Waals surface area contributed by atoms with E-state index < -0.39 is 5.97 Å². The first-order chi connectivity index (χ1) is 13.0. The summed E-state index contributed by atoms with van der Waals surface area (Å²) in [6, 6.07) is 5.02. The fraction of sp³-hybridized carbons (Fsp3) is 0.333. The number of hydrogen-bond donors (Lipinski definition) is 2. The van der Waals surface area contributed by atoms with Gasteiger partial charge in [0.25, 0.3) is 5.91 Å². The summed E-state index contributed by atoms with van der Waals surface area (Å²) in [5.41, 5.74) is 1.28. The lowest BCUT2D eigenvalue weighted by atomic mass is 10.1. The molecule has 0 bridgehead atoms. The summed E-state index contributed by atoms with van der Waals surface area (Å²) in [4.78, 5) is 28.8. The maximum absolute atomic E-state index is 12.6. The lowest BCUT2D eigenvalue weighted by Crippen LogP contribution is -2.20. The summed E-state index contributed by atoms with van der Waals surface area (Å²) in [5.74, 6) is -1.36. The van der Waals surface area contributed by atoms with E-state index in [0.717, 1.165) is 42.0 Å². The molecule has 1 saturated heterocycles. The van der Waals surface area contributed by atoms with Crippen LogP contribution in [-0.4, -0.2) is 45.0 Å². The van der Waals surface area contributed by atoms with Gasteiger partial charge in [0, 0.05) is 18.6 Å². The monoisotopic (exact) mass is 386 g/mol. The number of carboxylic acids is 1. The molecule has 0 atom stereocenters. The first-order valence-electron chi connectivity index (χ1n) is 8.60. The van der Waals surface area contributed by atoms with Gasteiger partial charge in [-0.05, 0) is 38.0 Å². The number of nitrogens with one attached hydrogen (secondary N) is 1. The normalized spacial score (nSPS) is 15.1. The van der Waals surface area contributed by atoms with E-state index in [1.165, 1.54) is 29.7 Å². The second kappa shape index (κ2) is 7.09. The second-order valence-electron chi connectivity index (χ2n) is 6.39. The van der Waals surface area contributed by atoms with Crippen molar-refractivity contribution in [1.82, 2.24) is 14.8 Å². The number of thiophene rings is 1. The highest BCUT2D eigenvalue weighted by Gasteiger charge is 2.23. The molecule has 2 N–H and O–H groups in total. The number of aromatic carboxylic acids is 1. The Morgan fingerprint density at radius 2 is 2.11 bits per heavy atom. The largest absolute Gasteiger partial charge is 0.477 e. The third kappa shape index (κ3) is 3.43. The molecular weight excluding hydrogens is 368 g/mol. The van der Waals surface area contributed by atoms with Crippen molar-refractivity contribution in [3.05, 3.63) is 40.7 Å². The molecule has 27 heavy (non-hydrogen) atoms. The van der Waals surface area contributed by atoms with Crippen LogP contribution >= 0.6 is 11.3 Å². The fourth-order valence-corrected chi connectivity index (χ4v) is 4.28. The Bertz CT molecular complexity index is 1000. The summed E-state index contributed by atoms with van der Waals surface area (Å²) >= 11 is 1.41. The van der Waals surface area contributed by atoms with Gasteiger partial charge in [-0.25, -0.2) is 9.78 Å². The average Bonchev–Trinajstić information content (AvgIpc) is 3.24. The molecule has 0 radical (unpaired) electrons. The summed E-state index contributed by atoms with van der Waals surface area (Å²) in [6.07, 6.45) is 3.16. The molecule has 3 aromatic rings. The molecule has 0 spiro atoms. The molecule has 0 saturated carbocycles. The number of hydrogen-bond acceptors (Lipinski definition) is 6. The number of fused-ring (bicyclic) bond motifs is 1. The van der Waals surface area contributed by atoms with Crippen LogP contribution < -0.4 is 5.32 Å². The van der Waals surface area contributed by atoms with Gasteiger partial charge in [-0.2, -0.15) is 5.10 Å². The van der Waals surface area contributed by atoms with Gasteiger partial charge in [0.15, 0.2) is 0 Å². The Balaban J connectivity index is 1.58. The van der Waals surface area contributed by atoms with Gasteiger partial charge in [-0.3, -0.25) is 9.48 Å². The molecule has 1 fully saturated rings. The van der Waals surface area contributed by atoms with E-state index in [4.69, 9.17) is 9.84 Å². The molecular formula is C18H18N4O4S. The number of aromatic nitrogens is 3. The molecule has 4 rings (SSSR count). The first kappa shape index (κ1) is 17.6. The second-order valence-corrected chi connectivity index (χ2v) is 7.43. The summed E-state index contributed by atoms with van der Waals surface area (Å²) < 4.78 is 7.45. The number of carbonyl (C=O) groups excluding carboxylic acids is 1. The highest BCUT2D eigenvalue weighted by molar-refractivity contribution is 7.20. The molecule has 0 unspecified atom stereocenters. The molecule has 3 aromatic heterocycles. The maximum Gasteiger partial charge on any atom is 0.354 e. The third-order valence-corrected chi connectivity index (χ3v) is 5.69. The van der Waals surface area contributed by atoms with Gasteiger partial charge < -0.3 is 15.2 Å². The molecule has 0 aromatic carbocycles. The van der Waals surface area contributed by atoms with E-state index in [0.29, 0.717) is 10.6 Å². The Kier molecular flexibility index (Phi) is 4.63. The zero-order valence-corrected chi connectivity index (χ0v) is 15.5. The Morgan fingerprint density at radius 1 is 1.33 bits per heavy atom. The van der Waals surface area contributed by atoms with Crippen LogP contribution in [0.15, 0.2) is 24.4 Å². The highest BCUT2D eigenvalue weighted by atomic mass is 32.1. The van der Waals surface area contributed by atoms with E-state index in [-0.39, 0.29) is 17.6 Å². The number of carbonyl (C=O) groups is 2. The minimum absolute atomic E-state index is 0.0676. The number of anilines is 1. The Hall–Kier alpha value is -2.78. The highest BCUT2D eigenvalue weighted by Crippen LogP contribution is 2.33. The summed E-state index contributed by atoms with van der Waals surface area (Å²) in [7, 11) is 0. The van der Waals surface area contributed by atoms with Gasteiger partial charge in [-0.15, -0.1) is 11.3 Å². The van der Waals surface area contributed by atoms with Crippen molar-refractivity contribution in [2.75, 3.05) is 18.5 Å². The number of amides is 1.